The highest BCUT2D eigenvalue weighted by Crippen LogP contribution is 2.23. The summed E-state index contributed by atoms with van der Waals surface area (Å²) in [6, 6.07) is 17.3. The lowest BCUT2D eigenvalue weighted by atomic mass is 10.1. The molecule has 0 fully saturated rings. The fourth-order valence-corrected chi connectivity index (χ4v) is 2.81. The summed E-state index contributed by atoms with van der Waals surface area (Å²) in [5.74, 6) is -0.325. The van der Waals surface area contributed by atoms with Gasteiger partial charge < -0.3 is 4.74 Å². The SMILES string of the molecule is Cc1ccc(C(=O)OCc2csc(-c3ccccc3)n2)cc1. The smallest absolute Gasteiger partial charge is 0.338 e. The highest BCUT2D eigenvalue weighted by molar-refractivity contribution is 7.13. The molecule has 4 heteroatoms. The van der Waals surface area contributed by atoms with Crippen LogP contribution in [0.2, 0.25) is 0 Å². The molecule has 0 N–H and O–H groups in total. The Labute approximate surface area is 133 Å². The Morgan fingerprint density at radius 2 is 1.82 bits per heavy atom. The molecule has 0 bridgehead atoms. The van der Waals surface area contributed by atoms with E-state index in [1.54, 1.807) is 23.5 Å². The molecule has 0 unspecified atom stereocenters. The molecule has 0 atom stereocenters. The van der Waals surface area contributed by atoms with Crippen molar-refractivity contribution in [2.45, 2.75) is 13.5 Å². The van der Waals surface area contributed by atoms with E-state index in [1.165, 1.54) is 0 Å². The molecule has 3 nitrogen and oxygen atoms in total. The highest BCUT2D eigenvalue weighted by Gasteiger charge is 2.09. The Morgan fingerprint density at radius 1 is 1.09 bits per heavy atom. The topological polar surface area (TPSA) is 39.2 Å². The molecule has 0 spiro atoms. The van der Waals surface area contributed by atoms with Crippen LogP contribution in [0.15, 0.2) is 60.0 Å². The Morgan fingerprint density at radius 3 is 2.55 bits per heavy atom. The van der Waals surface area contributed by atoms with Crippen LogP contribution >= 0.6 is 11.3 Å². The summed E-state index contributed by atoms with van der Waals surface area (Å²) in [5.41, 5.74) is 3.51. The predicted octanol–water partition coefficient (Wildman–Crippen LogP) is 4.48. The van der Waals surface area contributed by atoms with Crippen LogP contribution in [0.4, 0.5) is 0 Å². The fourth-order valence-electron chi connectivity index (χ4n) is 2.00. The van der Waals surface area contributed by atoms with Gasteiger partial charge in [-0.05, 0) is 19.1 Å². The van der Waals surface area contributed by atoms with E-state index in [0.29, 0.717) is 5.56 Å². The van der Waals surface area contributed by atoms with Crippen LogP contribution in [0.3, 0.4) is 0 Å². The molecule has 1 heterocycles. The van der Waals surface area contributed by atoms with Crippen molar-refractivity contribution >= 4 is 17.3 Å². The Hall–Kier alpha value is -2.46. The maximum atomic E-state index is 12.0. The molecule has 3 rings (SSSR count). The largest absolute Gasteiger partial charge is 0.456 e. The van der Waals surface area contributed by atoms with Crippen LogP contribution in [0, 0.1) is 6.92 Å². The van der Waals surface area contributed by atoms with Gasteiger partial charge in [0, 0.05) is 10.9 Å². The first-order valence-corrected chi connectivity index (χ1v) is 7.84. The normalized spacial score (nSPS) is 10.4. The van der Waals surface area contributed by atoms with Gasteiger partial charge in [-0.3, -0.25) is 0 Å². The lowest BCUT2D eigenvalue weighted by molar-refractivity contribution is 0.0468. The number of aryl methyl sites for hydroxylation is 1. The van der Waals surface area contributed by atoms with E-state index in [0.717, 1.165) is 21.8 Å². The van der Waals surface area contributed by atoms with Crippen molar-refractivity contribution in [3.63, 3.8) is 0 Å². The highest BCUT2D eigenvalue weighted by atomic mass is 32.1. The van der Waals surface area contributed by atoms with Crippen molar-refractivity contribution in [3.8, 4) is 10.6 Å². The molecule has 0 aliphatic heterocycles. The lowest BCUT2D eigenvalue weighted by Gasteiger charge is -2.03. The first-order valence-electron chi connectivity index (χ1n) is 6.96. The maximum Gasteiger partial charge on any atom is 0.338 e. The van der Waals surface area contributed by atoms with Gasteiger partial charge in [-0.2, -0.15) is 0 Å². The molecule has 22 heavy (non-hydrogen) atoms. The second-order valence-electron chi connectivity index (χ2n) is 4.95. The van der Waals surface area contributed by atoms with Gasteiger partial charge in [0.15, 0.2) is 0 Å². The Bertz CT molecular complexity index is 763. The molecule has 0 saturated heterocycles. The van der Waals surface area contributed by atoms with Crippen LogP contribution in [0.1, 0.15) is 21.6 Å². The molecule has 0 saturated carbocycles. The zero-order valence-corrected chi connectivity index (χ0v) is 13.0. The average Bonchev–Trinajstić information content (AvgIpc) is 3.03. The van der Waals surface area contributed by atoms with Crippen LogP contribution < -0.4 is 0 Å². The summed E-state index contributed by atoms with van der Waals surface area (Å²) in [5, 5.41) is 2.85. The van der Waals surface area contributed by atoms with E-state index in [2.05, 4.69) is 4.98 Å². The van der Waals surface area contributed by atoms with Gasteiger partial charge in [-0.15, -0.1) is 11.3 Å². The number of ether oxygens (including phenoxy) is 1. The van der Waals surface area contributed by atoms with Gasteiger partial charge in [-0.25, -0.2) is 9.78 Å². The van der Waals surface area contributed by atoms with Gasteiger partial charge in [0.05, 0.1) is 11.3 Å². The maximum absolute atomic E-state index is 12.0. The van der Waals surface area contributed by atoms with E-state index < -0.39 is 0 Å². The molecule has 1 aromatic heterocycles. The zero-order valence-electron chi connectivity index (χ0n) is 12.2. The molecule has 3 aromatic rings. The summed E-state index contributed by atoms with van der Waals surface area (Å²) in [6.45, 7) is 2.17. The molecule has 110 valence electrons. The van der Waals surface area contributed by atoms with Gasteiger partial charge in [0.1, 0.15) is 11.6 Å². The molecular formula is C18H15NO2S. The lowest BCUT2D eigenvalue weighted by Crippen LogP contribution is -2.05. The molecule has 0 radical (unpaired) electrons. The van der Waals surface area contributed by atoms with Crippen molar-refractivity contribution in [2.24, 2.45) is 0 Å². The van der Waals surface area contributed by atoms with Crippen molar-refractivity contribution < 1.29 is 9.53 Å². The third-order valence-corrected chi connectivity index (χ3v) is 4.15. The summed E-state index contributed by atoms with van der Waals surface area (Å²) >= 11 is 1.55. The molecule has 0 amide bonds. The Kier molecular flexibility index (Phi) is 4.30. The minimum absolute atomic E-state index is 0.191. The quantitative estimate of drug-likeness (QED) is 0.667. The summed E-state index contributed by atoms with van der Waals surface area (Å²) in [7, 11) is 0. The summed E-state index contributed by atoms with van der Waals surface area (Å²) in [4.78, 5) is 16.5. The number of hydrogen-bond acceptors (Lipinski definition) is 4. The molecule has 2 aromatic carbocycles. The number of hydrogen-bond donors (Lipinski definition) is 0. The van der Waals surface area contributed by atoms with E-state index in [9.17, 15) is 4.79 Å². The van der Waals surface area contributed by atoms with Gasteiger partial charge in [0.2, 0.25) is 0 Å². The standard InChI is InChI=1S/C18H15NO2S/c1-13-7-9-15(10-8-13)18(20)21-11-16-12-22-17(19-16)14-5-3-2-4-6-14/h2-10,12H,11H2,1H3. The number of carbonyl (C=O) groups is 1. The van der Waals surface area contributed by atoms with Crippen molar-refractivity contribution in [1.82, 2.24) is 4.98 Å². The van der Waals surface area contributed by atoms with Crippen molar-refractivity contribution in [2.75, 3.05) is 0 Å². The third-order valence-electron chi connectivity index (χ3n) is 3.21. The molecule has 0 aliphatic rings. The van der Waals surface area contributed by atoms with Crippen LogP contribution in [-0.2, 0) is 11.3 Å². The number of carbonyl (C=O) groups excluding carboxylic acids is 1. The molecule has 0 aliphatic carbocycles. The number of rotatable bonds is 4. The van der Waals surface area contributed by atoms with E-state index in [4.69, 9.17) is 4.74 Å². The van der Waals surface area contributed by atoms with Gasteiger partial charge >= 0.3 is 5.97 Å². The van der Waals surface area contributed by atoms with Crippen LogP contribution in [-0.4, -0.2) is 11.0 Å². The van der Waals surface area contributed by atoms with Crippen molar-refractivity contribution in [3.05, 3.63) is 76.8 Å². The first kappa shape index (κ1) is 14.5. The van der Waals surface area contributed by atoms with Crippen LogP contribution in [0.25, 0.3) is 10.6 Å². The number of nitrogens with zero attached hydrogens (tertiary/aromatic N) is 1. The third kappa shape index (κ3) is 3.40. The predicted molar refractivity (Wildman–Crippen MR) is 87.8 cm³/mol. The van der Waals surface area contributed by atoms with E-state index in [1.807, 2.05) is 54.8 Å². The minimum atomic E-state index is -0.325. The first-order chi connectivity index (χ1) is 10.7. The zero-order chi connectivity index (χ0) is 15.4. The average molecular weight is 309 g/mol. The minimum Gasteiger partial charge on any atom is -0.456 e. The monoisotopic (exact) mass is 309 g/mol. The number of benzene rings is 2. The second-order valence-corrected chi connectivity index (χ2v) is 5.81. The Balaban J connectivity index is 1.64. The fraction of sp³-hybridized carbons (Fsp3) is 0.111. The number of esters is 1. The van der Waals surface area contributed by atoms with Gasteiger partial charge in [-0.1, -0.05) is 48.0 Å². The van der Waals surface area contributed by atoms with Crippen molar-refractivity contribution in [1.29, 1.82) is 0 Å². The van der Waals surface area contributed by atoms with Gasteiger partial charge in [0.25, 0.3) is 0 Å². The second kappa shape index (κ2) is 6.54. The summed E-state index contributed by atoms with van der Waals surface area (Å²) < 4.78 is 5.31. The van der Waals surface area contributed by atoms with E-state index in [-0.39, 0.29) is 12.6 Å². The van der Waals surface area contributed by atoms with E-state index >= 15 is 0 Å². The molecular weight excluding hydrogens is 294 g/mol. The number of thiazole rings is 1. The number of aromatic nitrogens is 1. The van der Waals surface area contributed by atoms with Crippen LogP contribution in [0.5, 0.6) is 0 Å². The summed E-state index contributed by atoms with van der Waals surface area (Å²) in [6.07, 6.45) is 0.